The lowest BCUT2D eigenvalue weighted by Crippen LogP contribution is -2.25. The van der Waals surface area contributed by atoms with Gasteiger partial charge >= 0.3 is 0 Å². The molecule has 1 saturated carbocycles. The molecule has 2 rings (SSSR count). The molecule has 1 heterocycles. The van der Waals surface area contributed by atoms with E-state index >= 15 is 0 Å². The maximum Gasteiger partial charge on any atom is 0.220 e. The van der Waals surface area contributed by atoms with Gasteiger partial charge in [0.25, 0.3) is 0 Å². The van der Waals surface area contributed by atoms with Gasteiger partial charge in [0.2, 0.25) is 5.91 Å². The van der Waals surface area contributed by atoms with Gasteiger partial charge in [-0.3, -0.25) is 4.79 Å². The van der Waals surface area contributed by atoms with Crippen molar-refractivity contribution in [1.29, 1.82) is 0 Å². The summed E-state index contributed by atoms with van der Waals surface area (Å²) >= 11 is 1.62. The molecule has 0 bridgehead atoms. The highest BCUT2D eigenvalue weighted by molar-refractivity contribution is 7.12. The Bertz CT molecular complexity index is 383. The molecule has 0 aliphatic heterocycles. The number of hydrogen-bond donors (Lipinski definition) is 2. The molecule has 1 aromatic rings. The number of rotatable bonds is 6. The Labute approximate surface area is 106 Å². The first-order valence-corrected chi connectivity index (χ1v) is 7.00. The topological polar surface area (TPSA) is 49.3 Å². The van der Waals surface area contributed by atoms with Crippen molar-refractivity contribution in [2.45, 2.75) is 38.7 Å². The zero-order valence-corrected chi connectivity index (χ0v) is 10.9. The number of carbonyl (C=O) groups excluding carboxylic acids is 1. The van der Waals surface area contributed by atoms with Crippen molar-refractivity contribution in [1.82, 2.24) is 5.32 Å². The number of carbonyl (C=O) groups is 1. The van der Waals surface area contributed by atoms with E-state index in [-0.39, 0.29) is 5.91 Å². The second kappa shape index (κ2) is 5.65. The van der Waals surface area contributed by atoms with Gasteiger partial charge in [0, 0.05) is 22.7 Å². The van der Waals surface area contributed by atoms with Crippen molar-refractivity contribution in [3.05, 3.63) is 21.9 Å². The minimum Gasteiger partial charge on any atom is -0.388 e. The summed E-state index contributed by atoms with van der Waals surface area (Å²) in [6.07, 6.45) is 3.60. The predicted molar refractivity (Wildman–Crippen MR) is 69.0 cm³/mol. The minimum absolute atomic E-state index is 0.180. The van der Waals surface area contributed by atoms with Gasteiger partial charge in [-0.15, -0.1) is 11.3 Å². The first-order chi connectivity index (χ1) is 8.15. The molecule has 1 atom stereocenters. The summed E-state index contributed by atoms with van der Waals surface area (Å²) in [5.74, 6) is 0.832. The fourth-order valence-corrected chi connectivity index (χ4v) is 2.68. The van der Waals surface area contributed by atoms with E-state index in [9.17, 15) is 9.90 Å². The van der Waals surface area contributed by atoms with Gasteiger partial charge in [-0.1, -0.05) is 0 Å². The molecule has 0 radical (unpaired) electrons. The molecule has 4 heteroatoms. The predicted octanol–water partition coefficient (Wildman–Crippen LogP) is 2.26. The number of nitrogens with one attached hydrogen (secondary N) is 1. The van der Waals surface area contributed by atoms with Gasteiger partial charge in [0.1, 0.15) is 0 Å². The number of hydrogen-bond acceptors (Lipinski definition) is 3. The lowest BCUT2D eigenvalue weighted by atomic mass is 10.2. The summed E-state index contributed by atoms with van der Waals surface area (Å²) in [7, 11) is 0. The van der Waals surface area contributed by atoms with E-state index in [1.165, 1.54) is 17.7 Å². The normalized spacial score (nSPS) is 16.8. The highest BCUT2D eigenvalue weighted by Gasteiger charge is 2.23. The second-order valence-electron chi connectivity index (χ2n) is 4.73. The van der Waals surface area contributed by atoms with Crippen LogP contribution in [-0.4, -0.2) is 17.6 Å². The van der Waals surface area contributed by atoms with Crippen LogP contribution in [0.1, 0.15) is 42.0 Å². The molecule has 0 saturated heterocycles. The first-order valence-electron chi connectivity index (χ1n) is 6.18. The maximum atomic E-state index is 11.4. The third-order valence-corrected chi connectivity index (χ3v) is 4.27. The Hall–Kier alpha value is -0.870. The Morgan fingerprint density at radius 3 is 2.94 bits per heavy atom. The van der Waals surface area contributed by atoms with Crippen LogP contribution in [0.3, 0.4) is 0 Å². The SMILES string of the molecule is C[C@H](O)c1ccc(CCNC(=O)CC2CC2)s1. The first kappa shape index (κ1) is 12.6. The number of aliphatic hydroxyl groups excluding tert-OH is 1. The monoisotopic (exact) mass is 253 g/mol. The van der Waals surface area contributed by atoms with Crippen LogP contribution in [0, 0.1) is 5.92 Å². The second-order valence-corrected chi connectivity index (χ2v) is 5.93. The van der Waals surface area contributed by atoms with Crippen LogP contribution in [0.4, 0.5) is 0 Å². The molecule has 0 spiro atoms. The molecule has 1 amide bonds. The van der Waals surface area contributed by atoms with Gasteiger partial charge in [-0.05, 0) is 44.2 Å². The smallest absolute Gasteiger partial charge is 0.220 e. The van der Waals surface area contributed by atoms with Gasteiger partial charge in [-0.2, -0.15) is 0 Å². The molecule has 2 N–H and O–H groups in total. The van der Waals surface area contributed by atoms with Gasteiger partial charge in [-0.25, -0.2) is 0 Å². The molecule has 1 fully saturated rings. The summed E-state index contributed by atoms with van der Waals surface area (Å²) < 4.78 is 0. The lowest BCUT2D eigenvalue weighted by molar-refractivity contribution is -0.121. The Balaban J connectivity index is 1.67. The van der Waals surface area contributed by atoms with Gasteiger partial charge in [0.05, 0.1) is 6.10 Å². The third kappa shape index (κ3) is 4.13. The fourth-order valence-electron chi connectivity index (χ4n) is 1.73. The van der Waals surface area contributed by atoms with Crippen molar-refractivity contribution in [3.8, 4) is 0 Å². The summed E-state index contributed by atoms with van der Waals surface area (Å²) in [6.45, 7) is 2.47. The number of aliphatic hydroxyl groups is 1. The van der Waals surface area contributed by atoms with E-state index in [0.29, 0.717) is 18.9 Å². The van der Waals surface area contributed by atoms with E-state index < -0.39 is 6.10 Å². The Morgan fingerprint density at radius 2 is 2.35 bits per heavy atom. The highest BCUT2D eigenvalue weighted by atomic mass is 32.1. The lowest BCUT2D eigenvalue weighted by Gasteiger charge is -2.03. The summed E-state index contributed by atoms with van der Waals surface area (Å²) in [6, 6.07) is 3.98. The Kier molecular flexibility index (Phi) is 4.18. The van der Waals surface area contributed by atoms with Crippen LogP contribution < -0.4 is 5.32 Å². The third-order valence-electron chi connectivity index (χ3n) is 2.96. The van der Waals surface area contributed by atoms with E-state index in [1.807, 2.05) is 12.1 Å². The summed E-state index contributed by atoms with van der Waals surface area (Å²) in [5, 5.41) is 12.3. The molecule has 94 valence electrons. The maximum absolute atomic E-state index is 11.4. The summed E-state index contributed by atoms with van der Waals surface area (Å²) in [4.78, 5) is 13.7. The van der Waals surface area contributed by atoms with E-state index in [2.05, 4.69) is 5.32 Å². The molecule has 1 aromatic heterocycles. The standard InChI is InChI=1S/C13H19NO2S/c1-9(15)12-5-4-11(17-12)6-7-14-13(16)8-10-2-3-10/h4-5,9-10,15H,2-3,6-8H2,1H3,(H,14,16)/t9-/m0/s1. The molecule has 3 nitrogen and oxygen atoms in total. The number of amides is 1. The van der Waals surface area contributed by atoms with Crippen LogP contribution in [0.5, 0.6) is 0 Å². The van der Waals surface area contributed by atoms with Crippen LogP contribution in [0.2, 0.25) is 0 Å². The molecular weight excluding hydrogens is 234 g/mol. The zero-order chi connectivity index (χ0) is 12.3. The van der Waals surface area contributed by atoms with Crippen LogP contribution >= 0.6 is 11.3 Å². The fraction of sp³-hybridized carbons (Fsp3) is 0.615. The van der Waals surface area contributed by atoms with Crippen molar-refractivity contribution in [2.24, 2.45) is 5.92 Å². The van der Waals surface area contributed by atoms with E-state index in [1.54, 1.807) is 18.3 Å². The van der Waals surface area contributed by atoms with Crippen molar-refractivity contribution < 1.29 is 9.90 Å². The molecular formula is C13H19NO2S. The average Bonchev–Trinajstić information content (AvgIpc) is 2.94. The van der Waals surface area contributed by atoms with Crippen molar-refractivity contribution in [2.75, 3.05) is 6.54 Å². The molecule has 1 aliphatic rings. The van der Waals surface area contributed by atoms with Gasteiger partial charge in [0.15, 0.2) is 0 Å². The van der Waals surface area contributed by atoms with Crippen LogP contribution in [0.25, 0.3) is 0 Å². The van der Waals surface area contributed by atoms with E-state index in [4.69, 9.17) is 0 Å². The summed E-state index contributed by atoms with van der Waals surface area (Å²) in [5.41, 5.74) is 0. The quantitative estimate of drug-likeness (QED) is 0.817. The largest absolute Gasteiger partial charge is 0.388 e. The van der Waals surface area contributed by atoms with Crippen LogP contribution in [0.15, 0.2) is 12.1 Å². The number of thiophene rings is 1. The molecule has 17 heavy (non-hydrogen) atoms. The zero-order valence-electron chi connectivity index (χ0n) is 10.1. The highest BCUT2D eigenvalue weighted by Crippen LogP contribution is 2.32. The minimum atomic E-state index is -0.391. The van der Waals surface area contributed by atoms with Gasteiger partial charge < -0.3 is 10.4 Å². The van der Waals surface area contributed by atoms with Crippen molar-refractivity contribution in [3.63, 3.8) is 0 Å². The van der Waals surface area contributed by atoms with Crippen molar-refractivity contribution >= 4 is 17.2 Å². The van der Waals surface area contributed by atoms with Crippen LogP contribution in [-0.2, 0) is 11.2 Å². The molecule has 0 aromatic carbocycles. The Morgan fingerprint density at radius 1 is 1.59 bits per heavy atom. The average molecular weight is 253 g/mol. The molecule has 0 unspecified atom stereocenters. The van der Waals surface area contributed by atoms with E-state index in [0.717, 1.165) is 11.3 Å². The molecule has 1 aliphatic carbocycles.